The highest BCUT2D eigenvalue weighted by atomic mass is 19.1. The molecule has 1 N–H and O–H groups in total. The highest BCUT2D eigenvalue weighted by Crippen LogP contribution is 2.31. The summed E-state index contributed by atoms with van der Waals surface area (Å²) in [7, 11) is 2.88. The van der Waals surface area contributed by atoms with Gasteiger partial charge in [-0.25, -0.2) is 14.2 Å². The van der Waals surface area contributed by atoms with Crippen LogP contribution in [0.2, 0.25) is 0 Å². The minimum atomic E-state index is -0.665. The number of benzene rings is 1. The Morgan fingerprint density at radius 3 is 2.42 bits per heavy atom. The molecular formula is C23H24FN5O4. The summed E-state index contributed by atoms with van der Waals surface area (Å²) in [4.78, 5) is 56.8. The predicted octanol–water partition coefficient (Wildman–Crippen LogP) is 1.89. The molecule has 10 heteroatoms. The highest BCUT2D eigenvalue weighted by molar-refractivity contribution is 6.06. The number of fused-ring (bicyclic) bond motifs is 1. The van der Waals surface area contributed by atoms with Crippen LogP contribution < -0.4 is 21.5 Å². The monoisotopic (exact) mass is 453 g/mol. The summed E-state index contributed by atoms with van der Waals surface area (Å²) < 4.78 is 15.5. The van der Waals surface area contributed by atoms with E-state index in [2.05, 4.69) is 10.3 Å². The van der Waals surface area contributed by atoms with Crippen LogP contribution in [0.1, 0.15) is 31.7 Å². The lowest BCUT2D eigenvalue weighted by Gasteiger charge is -2.19. The molecule has 0 bridgehead atoms. The van der Waals surface area contributed by atoms with E-state index in [1.54, 1.807) is 6.20 Å². The number of nitrogens with zero attached hydrogens (tertiary/aromatic N) is 4. The van der Waals surface area contributed by atoms with Gasteiger partial charge in [-0.1, -0.05) is 13.8 Å². The number of amides is 2. The van der Waals surface area contributed by atoms with Crippen LogP contribution in [-0.4, -0.2) is 32.5 Å². The fraction of sp³-hybridized carbons (Fsp3) is 0.348. The Morgan fingerprint density at radius 1 is 1.12 bits per heavy atom. The Kier molecular flexibility index (Phi) is 5.61. The second kappa shape index (κ2) is 8.27. The van der Waals surface area contributed by atoms with Gasteiger partial charge in [0.25, 0.3) is 5.56 Å². The van der Waals surface area contributed by atoms with Gasteiger partial charge < -0.3 is 10.2 Å². The number of carbonyl (C=O) groups is 2. The van der Waals surface area contributed by atoms with Gasteiger partial charge in [0.05, 0.1) is 11.6 Å². The predicted molar refractivity (Wildman–Crippen MR) is 122 cm³/mol. The number of nitrogens with one attached hydrogen (secondary N) is 1. The molecular weight excluding hydrogens is 429 g/mol. The zero-order valence-corrected chi connectivity index (χ0v) is 18.8. The van der Waals surface area contributed by atoms with Gasteiger partial charge in [0, 0.05) is 38.9 Å². The average Bonchev–Trinajstić information content (AvgIpc) is 3.18. The van der Waals surface area contributed by atoms with E-state index in [4.69, 9.17) is 0 Å². The quantitative estimate of drug-likeness (QED) is 0.649. The summed E-state index contributed by atoms with van der Waals surface area (Å²) in [6.45, 7) is 3.94. The number of anilines is 2. The molecule has 0 saturated carbocycles. The van der Waals surface area contributed by atoms with E-state index < -0.39 is 28.9 Å². The van der Waals surface area contributed by atoms with Crippen LogP contribution in [0.3, 0.4) is 0 Å². The van der Waals surface area contributed by atoms with Gasteiger partial charge in [0.2, 0.25) is 11.8 Å². The van der Waals surface area contributed by atoms with E-state index in [1.165, 1.54) is 47.8 Å². The molecule has 1 saturated heterocycles. The van der Waals surface area contributed by atoms with Gasteiger partial charge in [-0.3, -0.25) is 23.5 Å². The van der Waals surface area contributed by atoms with E-state index in [0.717, 1.165) is 4.57 Å². The standard InChI is InChI=1S/C23H24FN5O4/c1-12(2)16-10-25-20-18(22(32)28(4)23(33)27(20)3)19(16)26-21(31)13-9-17(30)29(11-13)15-7-5-14(24)6-8-15/h5-8,10,12-13H,9,11H2,1-4H3,(H,25,26,31). The van der Waals surface area contributed by atoms with E-state index in [1.807, 2.05) is 13.8 Å². The van der Waals surface area contributed by atoms with Crippen molar-refractivity contribution in [1.82, 2.24) is 14.1 Å². The number of carbonyl (C=O) groups excluding carboxylic acids is 2. The fourth-order valence-electron chi connectivity index (χ4n) is 4.09. The molecule has 2 aromatic heterocycles. The number of hydrogen-bond acceptors (Lipinski definition) is 5. The number of halogens is 1. The molecule has 1 aromatic carbocycles. The second-order valence-electron chi connectivity index (χ2n) is 8.52. The lowest BCUT2D eigenvalue weighted by molar-refractivity contribution is -0.122. The summed E-state index contributed by atoms with van der Waals surface area (Å²) in [5.74, 6) is -1.81. The van der Waals surface area contributed by atoms with E-state index in [9.17, 15) is 23.6 Å². The smallest absolute Gasteiger partial charge is 0.325 e. The fourth-order valence-corrected chi connectivity index (χ4v) is 4.09. The van der Waals surface area contributed by atoms with Gasteiger partial charge >= 0.3 is 5.69 Å². The third-order valence-electron chi connectivity index (χ3n) is 6.00. The van der Waals surface area contributed by atoms with Gasteiger partial charge in [-0.2, -0.15) is 0 Å². The van der Waals surface area contributed by atoms with Crippen molar-refractivity contribution in [1.29, 1.82) is 0 Å². The van der Waals surface area contributed by atoms with Crippen molar-refractivity contribution in [2.24, 2.45) is 20.0 Å². The van der Waals surface area contributed by atoms with Crippen LogP contribution in [0, 0.1) is 11.7 Å². The lowest BCUT2D eigenvalue weighted by Crippen LogP contribution is -2.38. The Bertz CT molecular complexity index is 1390. The topological polar surface area (TPSA) is 106 Å². The van der Waals surface area contributed by atoms with E-state index >= 15 is 0 Å². The molecule has 172 valence electrons. The van der Waals surface area contributed by atoms with Crippen molar-refractivity contribution >= 4 is 34.2 Å². The van der Waals surface area contributed by atoms with E-state index in [0.29, 0.717) is 16.9 Å². The number of aromatic nitrogens is 3. The van der Waals surface area contributed by atoms with Gasteiger partial charge in [0.1, 0.15) is 11.2 Å². The highest BCUT2D eigenvalue weighted by Gasteiger charge is 2.36. The van der Waals surface area contributed by atoms with Gasteiger partial charge in [-0.05, 0) is 35.7 Å². The zero-order valence-electron chi connectivity index (χ0n) is 18.8. The maximum atomic E-state index is 13.2. The van der Waals surface area contributed by atoms with Crippen molar-refractivity contribution in [3.63, 3.8) is 0 Å². The Labute approximate surface area is 188 Å². The lowest BCUT2D eigenvalue weighted by atomic mass is 10.0. The molecule has 1 atom stereocenters. The molecule has 9 nitrogen and oxygen atoms in total. The molecule has 3 heterocycles. The first kappa shape index (κ1) is 22.4. The summed E-state index contributed by atoms with van der Waals surface area (Å²) in [6.07, 6.45) is 1.53. The van der Waals surface area contributed by atoms with E-state index in [-0.39, 0.29) is 35.8 Å². The summed E-state index contributed by atoms with van der Waals surface area (Å²) in [5.41, 5.74) is 0.533. The second-order valence-corrected chi connectivity index (χ2v) is 8.52. The third-order valence-corrected chi connectivity index (χ3v) is 6.00. The van der Waals surface area contributed by atoms with Crippen LogP contribution in [-0.2, 0) is 23.7 Å². The minimum Gasteiger partial charge on any atom is -0.325 e. The molecule has 4 rings (SSSR count). The molecule has 0 spiro atoms. The van der Waals surface area contributed by atoms with Crippen molar-refractivity contribution in [2.75, 3.05) is 16.8 Å². The van der Waals surface area contributed by atoms with Crippen molar-refractivity contribution in [3.8, 4) is 0 Å². The number of rotatable bonds is 4. The molecule has 2 amide bonds. The Hall–Kier alpha value is -3.82. The van der Waals surface area contributed by atoms with Gasteiger partial charge in [0.15, 0.2) is 5.65 Å². The summed E-state index contributed by atoms with van der Waals surface area (Å²) in [5, 5.41) is 2.98. The maximum Gasteiger partial charge on any atom is 0.332 e. The van der Waals surface area contributed by atoms with Crippen molar-refractivity contribution in [3.05, 3.63) is 62.7 Å². The number of pyridine rings is 1. The first-order chi connectivity index (χ1) is 15.6. The molecule has 1 aliphatic rings. The Morgan fingerprint density at radius 2 is 1.79 bits per heavy atom. The SMILES string of the molecule is CC(C)c1cnc2c(c1NC(=O)C1CC(=O)N(c3ccc(F)cc3)C1)c(=O)n(C)c(=O)n2C. The van der Waals surface area contributed by atoms with Crippen LogP contribution in [0.25, 0.3) is 11.0 Å². The average molecular weight is 453 g/mol. The number of aryl methyl sites for hydroxylation is 1. The largest absolute Gasteiger partial charge is 0.332 e. The number of hydrogen-bond donors (Lipinski definition) is 1. The van der Waals surface area contributed by atoms with Crippen LogP contribution in [0.15, 0.2) is 40.1 Å². The van der Waals surface area contributed by atoms with Crippen LogP contribution in [0.4, 0.5) is 15.8 Å². The summed E-state index contributed by atoms with van der Waals surface area (Å²) >= 11 is 0. The van der Waals surface area contributed by atoms with Crippen LogP contribution >= 0.6 is 0 Å². The van der Waals surface area contributed by atoms with Crippen molar-refractivity contribution < 1.29 is 14.0 Å². The molecule has 1 unspecified atom stereocenters. The zero-order chi connectivity index (χ0) is 24.0. The molecule has 0 radical (unpaired) electrons. The maximum absolute atomic E-state index is 13.2. The molecule has 33 heavy (non-hydrogen) atoms. The van der Waals surface area contributed by atoms with Gasteiger partial charge in [-0.15, -0.1) is 0 Å². The first-order valence-corrected chi connectivity index (χ1v) is 10.6. The first-order valence-electron chi connectivity index (χ1n) is 10.6. The molecule has 1 aliphatic heterocycles. The summed E-state index contributed by atoms with van der Waals surface area (Å²) in [6, 6.07) is 5.50. The van der Waals surface area contributed by atoms with Crippen molar-refractivity contribution in [2.45, 2.75) is 26.2 Å². The molecule has 1 fully saturated rings. The Balaban J connectivity index is 1.73. The molecule has 0 aliphatic carbocycles. The third kappa shape index (κ3) is 3.81. The normalized spacial score (nSPS) is 16.1. The minimum absolute atomic E-state index is 0.0142. The van der Waals surface area contributed by atoms with Crippen LogP contribution in [0.5, 0.6) is 0 Å². The molecule has 3 aromatic rings.